The summed E-state index contributed by atoms with van der Waals surface area (Å²) in [4.78, 5) is 2.48. The molecule has 0 aromatic heterocycles. The van der Waals surface area contributed by atoms with Gasteiger partial charge < -0.3 is 10.5 Å². The highest BCUT2D eigenvalue weighted by Gasteiger charge is 2.23. The Morgan fingerprint density at radius 3 is 2.79 bits per heavy atom. The molecule has 2 N–H and O–H groups in total. The number of rotatable bonds is 1. The van der Waals surface area contributed by atoms with Crippen LogP contribution >= 0.6 is 0 Å². The lowest BCUT2D eigenvalue weighted by atomic mass is 9.97. The van der Waals surface area contributed by atoms with Gasteiger partial charge in [-0.05, 0) is 19.4 Å². The van der Waals surface area contributed by atoms with Gasteiger partial charge in [0.15, 0.2) is 0 Å². The summed E-state index contributed by atoms with van der Waals surface area (Å²) in [5, 5.41) is 0. The molecule has 0 radical (unpaired) electrons. The molecule has 3 heteroatoms. The molecule has 1 heterocycles. The molecule has 1 fully saturated rings. The largest absolute Gasteiger partial charge is 0.399 e. The third kappa shape index (κ3) is 1.99. The molecule has 1 aliphatic carbocycles. The Kier molecular flexibility index (Phi) is 2.89. The third-order valence-electron chi connectivity index (χ3n) is 2.98. The number of morpholine rings is 1. The fourth-order valence-corrected chi connectivity index (χ4v) is 2.18. The summed E-state index contributed by atoms with van der Waals surface area (Å²) in [5.41, 5.74) is 8.05. The van der Waals surface area contributed by atoms with Crippen LogP contribution < -0.4 is 5.73 Å². The molecule has 3 nitrogen and oxygen atoms in total. The number of hydrogen-bond donors (Lipinski definition) is 1. The van der Waals surface area contributed by atoms with Gasteiger partial charge in [-0.1, -0.05) is 11.6 Å². The van der Waals surface area contributed by atoms with Crippen molar-refractivity contribution in [1.82, 2.24) is 4.90 Å². The second-order valence-electron chi connectivity index (χ2n) is 3.99. The zero-order chi connectivity index (χ0) is 9.97. The topological polar surface area (TPSA) is 38.5 Å². The van der Waals surface area contributed by atoms with Crippen LogP contribution in [0.3, 0.4) is 0 Å². The van der Waals surface area contributed by atoms with Gasteiger partial charge in [0.25, 0.3) is 0 Å². The molecule has 2 aliphatic rings. The Labute approximate surface area is 85.2 Å². The van der Waals surface area contributed by atoms with Crippen molar-refractivity contribution >= 4 is 0 Å². The van der Waals surface area contributed by atoms with Crippen LogP contribution in [0.15, 0.2) is 23.4 Å². The van der Waals surface area contributed by atoms with Gasteiger partial charge in [0, 0.05) is 24.8 Å². The quantitative estimate of drug-likeness (QED) is 0.673. The summed E-state index contributed by atoms with van der Waals surface area (Å²) >= 11 is 0. The normalized spacial score (nSPS) is 29.6. The van der Waals surface area contributed by atoms with Crippen LogP contribution in [-0.2, 0) is 4.74 Å². The third-order valence-corrected chi connectivity index (χ3v) is 2.98. The van der Waals surface area contributed by atoms with Crippen molar-refractivity contribution in [1.29, 1.82) is 0 Å². The Morgan fingerprint density at radius 1 is 1.43 bits per heavy atom. The SMILES string of the molecule is CC1=CC(N)=CC[C@@H]1N1CCOCC1. The zero-order valence-electron chi connectivity index (χ0n) is 8.70. The van der Waals surface area contributed by atoms with Gasteiger partial charge in [0.05, 0.1) is 13.2 Å². The van der Waals surface area contributed by atoms with Crippen LogP contribution in [0.25, 0.3) is 0 Å². The molecule has 0 aromatic carbocycles. The number of ether oxygens (including phenoxy) is 1. The maximum atomic E-state index is 5.76. The maximum absolute atomic E-state index is 5.76. The van der Waals surface area contributed by atoms with Gasteiger partial charge in [-0.25, -0.2) is 0 Å². The van der Waals surface area contributed by atoms with Crippen LogP contribution in [0.4, 0.5) is 0 Å². The number of hydrogen-bond acceptors (Lipinski definition) is 3. The minimum atomic E-state index is 0.547. The van der Waals surface area contributed by atoms with E-state index in [-0.39, 0.29) is 0 Å². The molecule has 0 bridgehead atoms. The van der Waals surface area contributed by atoms with E-state index in [4.69, 9.17) is 10.5 Å². The van der Waals surface area contributed by atoms with Crippen molar-refractivity contribution in [2.45, 2.75) is 19.4 Å². The van der Waals surface area contributed by atoms with E-state index in [2.05, 4.69) is 24.0 Å². The molecular formula is C11H18N2O. The summed E-state index contributed by atoms with van der Waals surface area (Å²) < 4.78 is 5.35. The maximum Gasteiger partial charge on any atom is 0.0594 e. The van der Waals surface area contributed by atoms with Crippen LogP contribution in [0, 0.1) is 0 Å². The van der Waals surface area contributed by atoms with E-state index in [9.17, 15) is 0 Å². The second-order valence-corrected chi connectivity index (χ2v) is 3.99. The van der Waals surface area contributed by atoms with Crippen molar-refractivity contribution in [2.75, 3.05) is 26.3 Å². The standard InChI is InChI=1S/C11H18N2O/c1-9-8-10(12)2-3-11(9)13-4-6-14-7-5-13/h2,8,11H,3-7,12H2,1H3/t11-/m0/s1. The predicted molar refractivity (Wildman–Crippen MR) is 56.8 cm³/mol. The lowest BCUT2D eigenvalue weighted by molar-refractivity contribution is 0.0238. The van der Waals surface area contributed by atoms with Crippen molar-refractivity contribution < 1.29 is 4.74 Å². The summed E-state index contributed by atoms with van der Waals surface area (Å²) in [5.74, 6) is 0. The molecule has 0 amide bonds. The molecular weight excluding hydrogens is 176 g/mol. The molecule has 0 spiro atoms. The van der Waals surface area contributed by atoms with E-state index in [0.717, 1.165) is 38.4 Å². The Morgan fingerprint density at radius 2 is 2.14 bits per heavy atom. The minimum Gasteiger partial charge on any atom is -0.399 e. The van der Waals surface area contributed by atoms with Crippen molar-refractivity contribution in [3.05, 3.63) is 23.4 Å². The molecule has 2 rings (SSSR count). The van der Waals surface area contributed by atoms with E-state index in [1.54, 1.807) is 0 Å². The van der Waals surface area contributed by atoms with E-state index >= 15 is 0 Å². The van der Waals surface area contributed by atoms with Crippen LogP contribution in [0.1, 0.15) is 13.3 Å². The van der Waals surface area contributed by atoms with Crippen molar-refractivity contribution in [3.63, 3.8) is 0 Å². The fraction of sp³-hybridized carbons (Fsp3) is 0.636. The molecule has 14 heavy (non-hydrogen) atoms. The average Bonchev–Trinajstić information content (AvgIpc) is 2.19. The van der Waals surface area contributed by atoms with Crippen LogP contribution in [0.2, 0.25) is 0 Å². The first-order valence-electron chi connectivity index (χ1n) is 5.23. The first-order chi connectivity index (χ1) is 6.77. The van der Waals surface area contributed by atoms with E-state index in [1.165, 1.54) is 5.57 Å². The van der Waals surface area contributed by atoms with E-state index in [0.29, 0.717) is 6.04 Å². The molecule has 1 saturated heterocycles. The molecule has 0 unspecified atom stereocenters. The van der Waals surface area contributed by atoms with Gasteiger partial charge in [-0.2, -0.15) is 0 Å². The fourth-order valence-electron chi connectivity index (χ4n) is 2.18. The molecule has 0 saturated carbocycles. The first-order valence-corrected chi connectivity index (χ1v) is 5.23. The predicted octanol–water partition coefficient (Wildman–Crippen LogP) is 0.880. The molecule has 0 aromatic rings. The summed E-state index contributed by atoms with van der Waals surface area (Å²) in [6.45, 7) is 5.99. The summed E-state index contributed by atoms with van der Waals surface area (Å²) in [6, 6.07) is 0.547. The molecule has 1 atom stereocenters. The van der Waals surface area contributed by atoms with Gasteiger partial charge in [0.2, 0.25) is 0 Å². The van der Waals surface area contributed by atoms with Crippen molar-refractivity contribution in [2.24, 2.45) is 5.73 Å². The van der Waals surface area contributed by atoms with Crippen molar-refractivity contribution in [3.8, 4) is 0 Å². The Hall–Kier alpha value is -0.800. The van der Waals surface area contributed by atoms with E-state index in [1.807, 2.05) is 0 Å². The average molecular weight is 194 g/mol. The van der Waals surface area contributed by atoms with Gasteiger partial charge >= 0.3 is 0 Å². The molecule has 78 valence electrons. The number of allylic oxidation sites excluding steroid dienone is 1. The zero-order valence-corrected chi connectivity index (χ0v) is 8.70. The van der Waals surface area contributed by atoms with Crippen LogP contribution in [-0.4, -0.2) is 37.2 Å². The number of nitrogens with zero attached hydrogens (tertiary/aromatic N) is 1. The van der Waals surface area contributed by atoms with E-state index < -0.39 is 0 Å². The summed E-state index contributed by atoms with van der Waals surface area (Å²) in [7, 11) is 0. The monoisotopic (exact) mass is 194 g/mol. The lowest BCUT2D eigenvalue weighted by Crippen LogP contribution is -2.44. The molecule has 1 aliphatic heterocycles. The van der Waals surface area contributed by atoms with Crippen LogP contribution in [0.5, 0.6) is 0 Å². The van der Waals surface area contributed by atoms with Gasteiger partial charge in [-0.15, -0.1) is 0 Å². The highest BCUT2D eigenvalue weighted by molar-refractivity contribution is 5.28. The Balaban J connectivity index is 2.02. The second kappa shape index (κ2) is 4.15. The minimum absolute atomic E-state index is 0.547. The highest BCUT2D eigenvalue weighted by Crippen LogP contribution is 2.21. The Bertz CT molecular complexity index is 264. The highest BCUT2D eigenvalue weighted by atomic mass is 16.5. The van der Waals surface area contributed by atoms with Gasteiger partial charge in [0.1, 0.15) is 0 Å². The summed E-state index contributed by atoms with van der Waals surface area (Å²) in [6.07, 6.45) is 5.25. The lowest BCUT2D eigenvalue weighted by Gasteiger charge is -2.36. The number of nitrogens with two attached hydrogens (primary N) is 1. The first kappa shape index (κ1) is 9.74. The smallest absolute Gasteiger partial charge is 0.0594 e. The van der Waals surface area contributed by atoms with Gasteiger partial charge in [-0.3, -0.25) is 4.90 Å².